The van der Waals surface area contributed by atoms with E-state index >= 15 is 0 Å². The third-order valence-electron chi connectivity index (χ3n) is 2.16. The van der Waals surface area contributed by atoms with Crippen LogP contribution in [0.5, 0.6) is 0 Å². The smallest absolute Gasteiger partial charge is 0.313 e. The molecule has 0 aliphatic heterocycles. The minimum absolute atomic E-state index is 0.0303. The van der Waals surface area contributed by atoms with E-state index < -0.39 is 5.97 Å². The standard InChI is InChI=1S/C10H19NO3S/c1-4-8(5-2)11-10(14)7(3)15-6-9(12)13/h7-8H,4-6H2,1-3H3,(H,11,14)(H,12,13). The molecule has 0 aromatic heterocycles. The number of hydrogen-bond acceptors (Lipinski definition) is 3. The Balaban J connectivity index is 3.92. The lowest BCUT2D eigenvalue weighted by atomic mass is 10.2. The minimum Gasteiger partial charge on any atom is -0.481 e. The molecule has 15 heavy (non-hydrogen) atoms. The molecule has 1 atom stereocenters. The molecule has 0 aliphatic rings. The van der Waals surface area contributed by atoms with Crippen molar-refractivity contribution in [3.63, 3.8) is 0 Å². The average molecular weight is 233 g/mol. The zero-order chi connectivity index (χ0) is 11.8. The summed E-state index contributed by atoms with van der Waals surface area (Å²) in [6, 6.07) is 0.199. The first-order chi connectivity index (χ1) is 7.01. The predicted octanol–water partition coefficient (Wildman–Crippen LogP) is 1.50. The molecule has 0 bridgehead atoms. The molecular weight excluding hydrogens is 214 g/mol. The molecule has 5 heteroatoms. The Labute approximate surface area is 94.8 Å². The lowest BCUT2D eigenvalue weighted by Gasteiger charge is -2.17. The summed E-state index contributed by atoms with van der Waals surface area (Å²) in [5.41, 5.74) is 0. The summed E-state index contributed by atoms with van der Waals surface area (Å²) in [5, 5.41) is 11.0. The van der Waals surface area contributed by atoms with E-state index in [4.69, 9.17) is 5.11 Å². The monoisotopic (exact) mass is 233 g/mol. The number of carbonyl (C=O) groups is 2. The first-order valence-electron chi connectivity index (χ1n) is 5.15. The van der Waals surface area contributed by atoms with Crippen LogP contribution in [0.25, 0.3) is 0 Å². The van der Waals surface area contributed by atoms with E-state index in [-0.39, 0.29) is 23.0 Å². The zero-order valence-electron chi connectivity index (χ0n) is 9.45. The highest BCUT2D eigenvalue weighted by Gasteiger charge is 2.16. The molecule has 0 radical (unpaired) electrons. The fraction of sp³-hybridized carbons (Fsp3) is 0.800. The van der Waals surface area contributed by atoms with Crippen LogP contribution in [0.15, 0.2) is 0 Å². The molecule has 0 spiro atoms. The van der Waals surface area contributed by atoms with Gasteiger partial charge in [-0.15, -0.1) is 11.8 Å². The van der Waals surface area contributed by atoms with E-state index in [1.54, 1.807) is 6.92 Å². The normalized spacial score (nSPS) is 12.5. The van der Waals surface area contributed by atoms with Crippen LogP contribution >= 0.6 is 11.8 Å². The summed E-state index contributed by atoms with van der Waals surface area (Å²) in [7, 11) is 0. The van der Waals surface area contributed by atoms with Gasteiger partial charge in [0.25, 0.3) is 0 Å². The minimum atomic E-state index is -0.887. The first kappa shape index (κ1) is 14.3. The second-order valence-electron chi connectivity index (χ2n) is 3.37. The number of rotatable bonds is 7. The van der Waals surface area contributed by atoms with Gasteiger partial charge in [-0.1, -0.05) is 13.8 Å². The Bertz CT molecular complexity index is 217. The number of carboxylic acids is 1. The van der Waals surface area contributed by atoms with Gasteiger partial charge in [0, 0.05) is 6.04 Å². The molecule has 0 saturated carbocycles. The molecule has 0 aliphatic carbocycles. The Morgan fingerprint density at radius 2 is 1.87 bits per heavy atom. The summed E-state index contributed by atoms with van der Waals surface area (Å²) in [6.07, 6.45) is 1.80. The van der Waals surface area contributed by atoms with Gasteiger partial charge in [0.2, 0.25) is 5.91 Å². The fourth-order valence-electron chi connectivity index (χ4n) is 1.08. The van der Waals surface area contributed by atoms with Crippen LogP contribution in [-0.2, 0) is 9.59 Å². The summed E-state index contributed by atoms with van der Waals surface area (Å²) >= 11 is 1.14. The van der Waals surface area contributed by atoms with Crippen molar-refractivity contribution in [2.24, 2.45) is 0 Å². The maximum absolute atomic E-state index is 11.6. The van der Waals surface area contributed by atoms with E-state index in [1.165, 1.54) is 0 Å². The van der Waals surface area contributed by atoms with Crippen molar-refractivity contribution in [1.29, 1.82) is 0 Å². The van der Waals surface area contributed by atoms with Crippen LogP contribution in [0, 0.1) is 0 Å². The third-order valence-corrected chi connectivity index (χ3v) is 3.29. The van der Waals surface area contributed by atoms with Crippen molar-refractivity contribution in [3.05, 3.63) is 0 Å². The van der Waals surface area contributed by atoms with Gasteiger partial charge in [0.05, 0.1) is 11.0 Å². The molecule has 2 N–H and O–H groups in total. The largest absolute Gasteiger partial charge is 0.481 e. The Kier molecular flexibility index (Phi) is 7.21. The molecule has 0 rings (SSSR count). The fourth-order valence-corrected chi connectivity index (χ4v) is 1.70. The van der Waals surface area contributed by atoms with Gasteiger partial charge in [-0.05, 0) is 19.8 Å². The van der Waals surface area contributed by atoms with Crippen molar-refractivity contribution in [3.8, 4) is 0 Å². The lowest BCUT2D eigenvalue weighted by molar-refractivity contribution is -0.133. The number of amides is 1. The van der Waals surface area contributed by atoms with E-state index in [0.717, 1.165) is 24.6 Å². The molecule has 1 amide bonds. The number of aliphatic carboxylic acids is 1. The zero-order valence-corrected chi connectivity index (χ0v) is 10.3. The second kappa shape index (κ2) is 7.56. The summed E-state index contributed by atoms with van der Waals surface area (Å²) in [5.74, 6) is -0.991. The van der Waals surface area contributed by atoms with Crippen LogP contribution < -0.4 is 5.32 Å². The van der Waals surface area contributed by atoms with Crippen molar-refractivity contribution >= 4 is 23.6 Å². The highest BCUT2D eigenvalue weighted by Crippen LogP contribution is 2.10. The maximum Gasteiger partial charge on any atom is 0.313 e. The van der Waals surface area contributed by atoms with E-state index in [0.29, 0.717) is 0 Å². The summed E-state index contributed by atoms with van der Waals surface area (Å²) < 4.78 is 0. The number of thioether (sulfide) groups is 1. The molecule has 88 valence electrons. The number of nitrogens with one attached hydrogen (secondary N) is 1. The van der Waals surface area contributed by atoms with Gasteiger partial charge >= 0.3 is 5.97 Å². The van der Waals surface area contributed by atoms with E-state index in [9.17, 15) is 9.59 Å². The van der Waals surface area contributed by atoms with Gasteiger partial charge in [-0.25, -0.2) is 0 Å². The predicted molar refractivity (Wildman–Crippen MR) is 62.1 cm³/mol. The van der Waals surface area contributed by atoms with Crippen LogP contribution in [0.3, 0.4) is 0 Å². The van der Waals surface area contributed by atoms with E-state index in [1.807, 2.05) is 13.8 Å². The Hall–Kier alpha value is -0.710. The molecule has 0 aromatic rings. The number of carboxylic acid groups (broad SMARTS) is 1. The van der Waals surface area contributed by atoms with Gasteiger partial charge in [0.15, 0.2) is 0 Å². The Morgan fingerprint density at radius 3 is 2.27 bits per heavy atom. The SMILES string of the molecule is CCC(CC)NC(=O)C(C)SCC(=O)O. The molecule has 0 fully saturated rings. The quantitative estimate of drug-likeness (QED) is 0.699. The maximum atomic E-state index is 11.6. The van der Waals surface area contributed by atoms with Crippen molar-refractivity contribution in [2.45, 2.75) is 44.9 Å². The van der Waals surface area contributed by atoms with E-state index in [2.05, 4.69) is 5.32 Å². The number of hydrogen-bond donors (Lipinski definition) is 2. The molecule has 4 nitrogen and oxygen atoms in total. The Morgan fingerprint density at radius 1 is 1.33 bits per heavy atom. The van der Waals surface area contributed by atoms with Crippen molar-refractivity contribution in [2.75, 3.05) is 5.75 Å². The molecule has 0 saturated heterocycles. The third kappa shape index (κ3) is 6.38. The highest BCUT2D eigenvalue weighted by molar-refractivity contribution is 8.01. The lowest BCUT2D eigenvalue weighted by Crippen LogP contribution is -2.38. The summed E-state index contributed by atoms with van der Waals surface area (Å²) in [4.78, 5) is 21.9. The van der Waals surface area contributed by atoms with Gasteiger partial charge in [-0.2, -0.15) is 0 Å². The highest BCUT2D eigenvalue weighted by atomic mass is 32.2. The molecule has 1 unspecified atom stereocenters. The second-order valence-corrected chi connectivity index (χ2v) is 4.70. The molecule has 0 heterocycles. The average Bonchev–Trinajstić information content (AvgIpc) is 2.21. The van der Waals surface area contributed by atoms with Gasteiger partial charge in [-0.3, -0.25) is 9.59 Å². The first-order valence-corrected chi connectivity index (χ1v) is 6.19. The van der Waals surface area contributed by atoms with Crippen molar-refractivity contribution in [1.82, 2.24) is 5.32 Å². The van der Waals surface area contributed by atoms with Crippen LogP contribution in [0.2, 0.25) is 0 Å². The van der Waals surface area contributed by atoms with Crippen LogP contribution in [0.1, 0.15) is 33.6 Å². The topological polar surface area (TPSA) is 66.4 Å². The molecule has 0 aromatic carbocycles. The van der Waals surface area contributed by atoms with Crippen molar-refractivity contribution < 1.29 is 14.7 Å². The van der Waals surface area contributed by atoms with Gasteiger partial charge < -0.3 is 10.4 Å². The summed E-state index contributed by atoms with van der Waals surface area (Å²) in [6.45, 7) is 5.76. The number of carbonyl (C=O) groups excluding carboxylic acids is 1. The van der Waals surface area contributed by atoms with Gasteiger partial charge in [0.1, 0.15) is 0 Å². The van der Waals surface area contributed by atoms with Crippen LogP contribution in [-0.4, -0.2) is 34.0 Å². The molecular formula is C10H19NO3S. The van der Waals surface area contributed by atoms with Crippen LogP contribution in [0.4, 0.5) is 0 Å².